The molecule has 2 atom stereocenters. The molecule has 2 amide bonds. The predicted molar refractivity (Wildman–Crippen MR) is 99.6 cm³/mol. The molecule has 29 heavy (non-hydrogen) atoms. The van der Waals surface area contributed by atoms with Crippen LogP contribution in [0.3, 0.4) is 0 Å². The van der Waals surface area contributed by atoms with Crippen molar-refractivity contribution in [1.82, 2.24) is 10.2 Å². The second kappa shape index (κ2) is 9.04. The summed E-state index contributed by atoms with van der Waals surface area (Å²) in [7, 11) is 0. The highest BCUT2D eigenvalue weighted by Gasteiger charge is 2.50. The van der Waals surface area contributed by atoms with Gasteiger partial charge in [-0.15, -0.1) is 0 Å². The predicted octanol–water partition coefficient (Wildman–Crippen LogP) is 2.02. The third-order valence-electron chi connectivity index (χ3n) is 4.75. The second-order valence-electron chi connectivity index (χ2n) is 6.60. The van der Waals surface area contributed by atoms with E-state index in [0.717, 1.165) is 4.90 Å². The maximum absolute atomic E-state index is 12.1. The summed E-state index contributed by atoms with van der Waals surface area (Å²) in [5, 5.41) is 32.8. The Morgan fingerprint density at radius 3 is 2.52 bits per heavy atom. The number of carboxylic acid groups (broad SMARTS) is 2. The molecule has 1 aromatic rings. The maximum atomic E-state index is 12.1. The molecule has 0 aliphatic carbocycles. The van der Waals surface area contributed by atoms with Gasteiger partial charge in [0.1, 0.15) is 12.1 Å². The van der Waals surface area contributed by atoms with Gasteiger partial charge < -0.3 is 20.3 Å². The van der Waals surface area contributed by atoms with Gasteiger partial charge in [0.15, 0.2) is 0 Å². The fourth-order valence-corrected chi connectivity index (χ4v) is 3.31. The van der Waals surface area contributed by atoms with Gasteiger partial charge >= 0.3 is 18.2 Å². The highest BCUT2D eigenvalue weighted by atomic mass is 16.6. The lowest BCUT2D eigenvalue weighted by atomic mass is 9.80. The van der Waals surface area contributed by atoms with E-state index in [1.54, 1.807) is 0 Å². The Kier molecular flexibility index (Phi) is 6.75. The Morgan fingerprint density at radius 1 is 1.34 bits per heavy atom. The summed E-state index contributed by atoms with van der Waals surface area (Å²) in [6.45, 7) is 3.16. The molecule has 0 aromatic heterocycles. The maximum Gasteiger partial charge on any atom is 0.408 e. The lowest BCUT2D eigenvalue weighted by Gasteiger charge is -2.45. The van der Waals surface area contributed by atoms with Crippen molar-refractivity contribution in [3.63, 3.8) is 0 Å². The molecular formula is C18H21N3O8. The number of aliphatic carboxylic acids is 1. The van der Waals surface area contributed by atoms with Gasteiger partial charge in [-0.25, -0.2) is 14.4 Å². The summed E-state index contributed by atoms with van der Waals surface area (Å²) in [4.78, 5) is 46.6. The first-order valence-corrected chi connectivity index (χ1v) is 8.71. The Morgan fingerprint density at radius 2 is 2.00 bits per heavy atom. The number of nitro groups is 1. The molecule has 1 aromatic carbocycles. The van der Waals surface area contributed by atoms with Gasteiger partial charge in [-0.3, -0.25) is 15.0 Å². The zero-order chi connectivity index (χ0) is 21.6. The van der Waals surface area contributed by atoms with Crippen molar-refractivity contribution in [2.24, 2.45) is 0 Å². The highest BCUT2D eigenvalue weighted by molar-refractivity contribution is 5.85. The monoisotopic (exact) mass is 407 g/mol. The number of benzene rings is 1. The Bertz CT molecular complexity index is 810. The van der Waals surface area contributed by atoms with Crippen LogP contribution in [0.25, 0.3) is 0 Å². The van der Waals surface area contributed by atoms with Gasteiger partial charge in [0, 0.05) is 25.1 Å². The number of rotatable bonds is 7. The normalized spacial score (nSPS) is 21.1. The van der Waals surface area contributed by atoms with E-state index in [-0.39, 0.29) is 38.1 Å². The minimum Gasteiger partial charge on any atom is -0.479 e. The van der Waals surface area contributed by atoms with Crippen molar-refractivity contribution < 1.29 is 34.3 Å². The Balaban J connectivity index is 2.22. The summed E-state index contributed by atoms with van der Waals surface area (Å²) >= 11 is 0. The van der Waals surface area contributed by atoms with Crippen molar-refractivity contribution in [3.05, 3.63) is 52.6 Å². The first-order valence-electron chi connectivity index (χ1n) is 8.71. The van der Waals surface area contributed by atoms with Crippen LogP contribution in [0, 0.1) is 10.1 Å². The van der Waals surface area contributed by atoms with E-state index < -0.39 is 34.7 Å². The molecule has 0 unspecified atom stereocenters. The number of nitro benzene ring substituents is 1. The van der Waals surface area contributed by atoms with E-state index in [1.807, 2.05) is 0 Å². The summed E-state index contributed by atoms with van der Waals surface area (Å²) in [6, 6.07) is 4.66. The number of piperidine rings is 1. The number of hydrogen-bond acceptors (Lipinski definition) is 6. The highest BCUT2D eigenvalue weighted by Crippen LogP contribution is 2.33. The fourth-order valence-electron chi connectivity index (χ4n) is 3.31. The van der Waals surface area contributed by atoms with Crippen LogP contribution in [-0.4, -0.2) is 62.9 Å². The molecule has 1 fully saturated rings. The average Bonchev–Trinajstić information content (AvgIpc) is 2.67. The topological polar surface area (TPSA) is 159 Å². The number of carboxylic acids is 1. The third-order valence-corrected chi connectivity index (χ3v) is 4.75. The summed E-state index contributed by atoms with van der Waals surface area (Å²) < 4.78 is 4.81. The number of nitrogens with zero attached hydrogens (tertiary/aromatic N) is 2. The lowest BCUT2D eigenvalue weighted by molar-refractivity contribution is -0.384. The standard InChI is InChI=1S/C18H21N3O8/c1-2-9-29-16(24)19-13-7-8-18(15(22)23,20(11-13)17(25)26)10-12-3-5-14(6-4-12)21(27)28/h2-6,13H,1,7-11H2,(H,19,24)(H,22,23)(H,25,26)/t13-,18-/m1/s1. The quantitative estimate of drug-likeness (QED) is 0.351. The van der Waals surface area contributed by atoms with Crippen molar-refractivity contribution in [2.75, 3.05) is 13.2 Å². The molecule has 1 aliphatic rings. The van der Waals surface area contributed by atoms with Gasteiger partial charge in [-0.1, -0.05) is 24.8 Å². The molecule has 11 nitrogen and oxygen atoms in total. The minimum atomic E-state index is -1.76. The Hall–Kier alpha value is -3.63. The number of carbonyl (C=O) groups excluding carboxylic acids is 1. The summed E-state index contributed by atoms with van der Waals surface area (Å²) in [6.07, 6.45) is -0.826. The molecule has 3 N–H and O–H groups in total. The van der Waals surface area contributed by atoms with E-state index >= 15 is 0 Å². The second-order valence-corrected chi connectivity index (χ2v) is 6.60. The van der Waals surface area contributed by atoms with E-state index in [2.05, 4.69) is 11.9 Å². The zero-order valence-corrected chi connectivity index (χ0v) is 15.4. The molecule has 1 heterocycles. The largest absolute Gasteiger partial charge is 0.479 e. The summed E-state index contributed by atoms with van der Waals surface area (Å²) in [5.74, 6) is -1.33. The SMILES string of the molecule is C=CCOC(=O)N[C@@H]1CC[C@@](Cc2ccc([N+](=O)[O-])cc2)(C(=O)O)N(C(=O)O)C1. The smallest absolute Gasteiger partial charge is 0.408 e. The van der Waals surface area contributed by atoms with E-state index in [4.69, 9.17) is 4.74 Å². The molecule has 0 bridgehead atoms. The molecule has 11 heteroatoms. The van der Waals surface area contributed by atoms with Crippen molar-refractivity contribution in [2.45, 2.75) is 30.8 Å². The number of amides is 2. The van der Waals surface area contributed by atoms with Crippen LogP contribution in [0.4, 0.5) is 15.3 Å². The van der Waals surface area contributed by atoms with Crippen LogP contribution in [-0.2, 0) is 16.0 Å². The lowest BCUT2D eigenvalue weighted by Crippen LogP contribution is -2.65. The molecule has 2 rings (SSSR count). The van der Waals surface area contributed by atoms with Gasteiger partial charge in [-0.2, -0.15) is 0 Å². The van der Waals surface area contributed by atoms with Gasteiger partial charge in [0.25, 0.3) is 5.69 Å². The number of nitrogens with one attached hydrogen (secondary N) is 1. The van der Waals surface area contributed by atoms with E-state index in [1.165, 1.54) is 30.3 Å². The fraction of sp³-hybridized carbons (Fsp3) is 0.389. The van der Waals surface area contributed by atoms with Crippen LogP contribution < -0.4 is 5.32 Å². The minimum absolute atomic E-state index is 0.0135. The number of likely N-dealkylation sites (tertiary alicyclic amines) is 1. The van der Waals surface area contributed by atoms with Crippen LogP contribution in [0.1, 0.15) is 18.4 Å². The molecule has 1 saturated heterocycles. The van der Waals surface area contributed by atoms with Crippen LogP contribution in [0.15, 0.2) is 36.9 Å². The van der Waals surface area contributed by atoms with E-state index in [0.29, 0.717) is 5.56 Å². The number of hydrogen-bond donors (Lipinski definition) is 3. The molecule has 0 spiro atoms. The van der Waals surface area contributed by atoms with Gasteiger partial charge in [-0.05, 0) is 18.4 Å². The van der Waals surface area contributed by atoms with Crippen LogP contribution >= 0.6 is 0 Å². The molecule has 1 aliphatic heterocycles. The van der Waals surface area contributed by atoms with Gasteiger partial charge in [0.2, 0.25) is 0 Å². The van der Waals surface area contributed by atoms with Crippen molar-refractivity contribution in [1.29, 1.82) is 0 Å². The number of ether oxygens (including phenoxy) is 1. The summed E-state index contributed by atoms with van der Waals surface area (Å²) in [5.41, 5.74) is -1.47. The molecule has 0 radical (unpaired) electrons. The number of non-ortho nitro benzene ring substituents is 1. The van der Waals surface area contributed by atoms with E-state index in [9.17, 15) is 34.7 Å². The third kappa shape index (κ3) is 5.00. The van der Waals surface area contributed by atoms with Gasteiger partial charge in [0.05, 0.1) is 11.0 Å². The molecule has 0 saturated carbocycles. The molecular weight excluding hydrogens is 386 g/mol. The molecule has 156 valence electrons. The van der Waals surface area contributed by atoms with Crippen LogP contribution in [0.5, 0.6) is 0 Å². The number of alkyl carbamates (subject to hydrolysis) is 1. The van der Waals surface area contributed by atoms with Crippen LogP contribution in [0.2, 0.25) is 0 Å². The zero-order valence-electron chi connectivity index (χ0n) is 15.4. The average molecular weight is 407 g/mol. The first-order chi connectivity index (χ1) is 13.7. The first kappa shape index (κ1) is 21.7. The Labute approximate surface area is 165 Å². The van der Waals surface area contributed by atoms with Crippen molar-refractivity contribution >= 4 is 23.8 Å². The number of carbonyl (C=O) groups is 3. The van der Waals surface area contributed by atoms with Crippen molar-refractivity contribution in [3.8, 4) is 0 Å².